The van der Waals surface area contributed by atoms with E-state index in [2.05, 4.69) is 12.2 Å². The molecule has 1 aliphatic heterocycles. The van der Waals surface area contributed by atoms with Crippen LogP contribution in [0.4, 0.5) is 0 Å². The van der Waals surface area contributed by atoms with E-state index in [0.717, 1.165) is 5.76 Å². The van der Waals surface area contributed by atoms with Gasteiger partial charge in [0.1, 0.15) is 0 Å². The third kappa shape index (κ3) is 2.06. The van der Waals surface area contributed by atoms with Crippen LogP contribution in [0.1, 0.15) is 19.6 Å². The van der Waals surface area contributed by atoms with E-state index in [1.165, 1.54) is 0 Å². The van der Waals surface area contributed by atoms with Crippen molar-refractivity contribution in [3.05, 3.63) is 23.1 Å². The highest BCUT2D eigenvalue weighted by molar-refractivity contribution is 6.28. The Kier molecular flexibility index (Phi) is 3.48. The third-order valence-electron chi connectivity index (χ3n) is 2.19. The lowest BCUT2D eigenvalue weighted by molar-refractivity contribution is -0.0152. The molecule has 2 atom stereocenters. The summed E-state index contributed by atoms with van der Waals surface area (Å²) >= 11 is 5.69. The van der Waals surface area contributed by atoms with Gasteiger partial charge in [-0.3, -0.25) is 5.32 Å². The Morgan fingerprint density at radius 1 is 1.57 bits per heavy atom. The Labute approximate surface area is 94.2 Å². The van der Waals surface area contributed by atoms with Crippen molar-refractivity contribution in [3.63, 3.8) is 0 Å². The maximum absolute atomic E-state index is 5.69. The zero-order valence-corrected chi connectivity index (χ0v) is 9.61. The van der Waals surface area contributed by atoms with Crippen molar-refractivity contribution >= 4 is 24.0 Å². The molecule has 5 heteroatoms. The molecule has 0 bridgehead atoms. The van der Waals surface area contributed by atoms with Gasteiger partial charge in [0, 0.05) is 6.04 Å². The fourth-order valence-electron chi connectivity index (χ4n) is 1.56. The summed E-state index contributed by atoms with van der Waals surface area (Å²) in [5.41, 5.74) is -0.521. The van der Waals surface area contributed by atoms with E-state index in [0.29, 0.717) is 17.9 Å². The Morgan fingerprint density at radius 2 is 2.29 bits per heavy atom. The SMILES string of the molecule is CC1COC(C)(c2ccc(Cl)o2)N1.Cl. The summed E-state index contributed by atoms with van der Waals surface area (Å²) in [6.45, 7) is 4.69. The van der Waals surface area contributed by atoms with E-state index in [1.807, 2.05) is 13.0 Å². The quantitative estimate of drug-likeness (QED) is 0.816. The van der Waals surface area contributed by atoms with Crippen LogP contribution in [-0.4, -0.2) is 12.6 Å². The monoisotopic (exact) mass is 237 g/mol. The van der Waals surface area contributed by atoms with Crippen molar-refractivity contribution in [3.8, 4) is 0 Å². The summed E-state index contributed by atoms with van der Waals surface area (Å²) in [6.07, 6.45) is 0. The predicted molar refractivity (Wildman–Crippen MR) is 56.9 cm³/mol. The number of halogens is 2. The van der Waals surface area contributed by atoms with E-state index in [-0.39, 0.29) is 12.4 Å². The van der Waals surface area contributed by atoms with E-state index < -0.39 is 5.72 Å². The maximum Gasteiger partial charge on any atom is 0.193 e. The minimum Gasteiger partial charge on any atom is -0.445 e. The summed E-state index contributed by atoms with van der Waals surface area (Å²) in [4.78, 5) is 0. The van der Waals surface area contributed by atoms with Gasteiger partial charge in [-0.2, -0.15) is 0 Å². The summed E-state index contributed by atoms with van der Waals surface area (Å²) in [7, 11) is 0. The van der Waals surface area contributed by atoms with Crippen LogP contribution in [0.3, 0.4) is 0 Å². The smallest absolute Gasteiger partial charge is 0.193 e. The van der Waals surface area contributed by atoms with Gasteiger partial charge in [0.05, 0.1) is 6.61 Å². The van der Waals surface area contributed by atoms with Crippen molar-refractivity contribution in [2.75, 3.05) is 6.61 Å². The number of ether oxygens (including phenoxy) is 1. The highest BCUT2D eigenvalue weighted by atomic mass is 35.5. The Hall–Kier alpha value is -0.220. The van der Waals surface area contributed by atoms with E-state index in [9.17, 15) is 0 Å². The first-order valence-corrected chi connectivity index (χ1v) is 4.65. The summed E-state index contributed by atoms with van der Waals surface area (Å²) in [5.74, 6) is 0.724. The second kappa shape index (κ2) is 4.11. The number of nitrogens with one attached hydrogen (secondary N) is 1. The fraction of sp³-hybridized carbons (Fsp3) is 0.556. The fourth-order valence-corrected chi connectivity index (χ4v) is 1.70. The van der Waals surface area contributed by atoms with Crippen LogP contribution in [0.25, 0.3) is 0 Å². The van der Waals surface area contributed by atoms with E-state index in [1.54, 1.807) is 6.07 Å². The second-order valence-electron chi connectivity index (χ2n) is 3.49. The summed E-state index contributed by atoms with van der Waals surface area (Å²) in [5, 5.41) is 3.68. The highest BCUT2D eigenvalue weighted by Gasteiger charge is 2.37. The lowest BCUT2D eigenvalue weighted by Gasteiger charge is -2.20. The van der Waals surface area contributed by atoms with Gasteiger partial charge in [0.15, 0.2) is 16.7 Å². The van der Waals surface area contributed by atoms with Crippen molar-refractivity contribution in [1.82, 2.24) is 5.32 Å². The first kappa shape index (κ1) is 11.9. The molecule has 1 N–H and O–H groups in total. The largest absolute Gasteiger partial charge is 0.445 e. The molecule has 0 saturated carbocycles. The number of hydrogen-bond acceptors (Lipinski definition) is 3. The molecule has 80 valence electrons. The lowest BCUT2D eigenvalue weighted by atomic mass is 10.2. The van der Waals surface area contributed by atoms with Crippen LogP contribution in [0, 0.1) is 0 Å². The van der Waals surface area contributed by atoms with Crippen LogP contribution in [0.2, 0.25) is 5.22 Å². The van der Waals surface area contributed by atoms with Gasteiger partial charge in [-0.1, -0.05) is 0 Å². The van der Waals surface area contributed by atoms with E-state index >= 15 is 0 Å². The van der Waals surface area contributed by atoms with Gasteiger partial charge in [-0.05, 0) is 37.6 Å². The molecule has 0 amide bonds. The Balaban J connectivity index is 0.000000980. The molecule has 1 saturated heterocycles. The maximum atomic E-state index is 5.69. The van der Waals surface area contributed by atoms with Crippen LogP contribution < -0.4 is 5.32 Å². The molecule has 0 radical (unpaired) electrons. The lowest BCUT2D eigenvalue weighted by Crippen LogP contribution is -2.37. The van der Waals surface area contributed by atoms with Gasteiger partial charge >= 0.3 is 0 Å². The van der Waals surface area contributed by atoms with Crippen LogP contribution in [0.5, 0.6) is 0 Å². The predicted octanol–water partition coefficient (Wildman–Crippen LogP) is 2.54. The molecule has 2 unspecified atom stereocenters. The van der Waals surface area contributed by atoms with Gasteiger partial charge < -0.3 is 9.15 Å². The molecule has 1 aliphatic rings. The molecule has 14 heavy (non-hydrogen) atoms. The van der Waals surface area contributed by atoms with Crippen LogP contribution in [-0.2, 0) is 10.5 Å². The van der Waals surface area contributed by atoms with Gasteiger partial charge in [0.2, 0.25) is 0 Å². The molecule has 0 aliphatic carbocycles. The number of furan rings is 1. The van der Waals surface area contributed by atoms with Crippen LogP contribution >= 0.6 is 24.0 Å². The molecular weight excluding hydrogens is 225 g/mol. The molecule has 0 spiro atoms. The zero-order chi connectivity index (χ0) is 9.47. The Bertz CT molecular complexity index is 316. The van der Waals surface area contributed by atoms with Crippen molar-refractivity contribution in [2.24, 2.45) is 0 Å². The minimum absolute atomic E-state index is 0. The second-order valence-corrected chi connectivity index (χ2v) is 3.87. The summed E-state index contributed by atoms with van der Waals surface area (Å²) < 4.78 is 10.9. The summed E-state index contributed by atoms with van der Waals surface area (Å²) in [6, 6.07) is 3.89. The average Bonchev–Trinajstić information content (AvgIpc) is 2.60. The topological polar surface area (TPSA) is 34.4 Å². The van der Waals surface area contributed by atoms with Crippen molar-refractivity contribution in [1.29, 1.82) is 0 Å². The molecule has 2 rings (SSSR count). The zero-order valence-electron chi connectivity index (χ0n) is 8.04. The average molecular weight is 238 g/mol. The molecule has 1 aromatic rings. The Morgan fingerprint density at radius 3 is 2.71 bits per heavy atom. The van der Waals surface area contributed by atoms with Gasteiger partial charge in [0.25, 0.3) is 0 Å². The molecule has 1 aromatic heterocycles. The van der Waals surface area contributed by atoms with Gasteiger partial charge in [-0.25, -0.2) is 0 Å². The third-order valence-corrected chi connectivity index (χ3v) is 2.39. The number of rotatable bonds is 1. The minimum atomic E-state index is -0.521. The van der Waals surface area contributed by atoms with Crippen molar-refractivity contribution in [2.45, 2.75) is 25.6 Å². The molecule has 0 aromatic carbocycles. The van der Waals surface area contributed by atoms with Gasteiger partial charge in [-0.15, -0.1) is 12.4 Å². The highest BCUT2D eigenvalue weighted by Crippen LogP contribution is 2.30. The van der Waals surface area contributed by atoms with E-state index in [4.69, 9.17) is 20.8 Å². The molecule has 1 fully saturated rings. The van der Waals surface area contributed by atoms with Crippen LogP contribution in [0.15, 0.2) is 16.5 Å². The molecule has 2 heterocycles. The standard InChI is InChI=1S/C9H12ClNO2.ClH/c1-6-5-12-9(2,11-6)7-3-4-8(10)13-7;/h3-4,6,11H,5H2,1-2H3;1H. The number of hydrogen-bond donors (Lipinski definition) is 1. The normalized spacial score (nSPS) is 31.5. The molecular formula is C9H13Cl2NO2. The first-order chi connectivity index (χ1) is 6.10. The first-order valence-electron chi connectivity index (χ1n) is 4.27. The molecule has 3 nitrogen and oxygen atoms in total. The van der Waals surface area contributed by atoms with Crippen molar-refractivity contribution < 1.29 is 9.15 Å².